The predicted molar refractivity (Wildman–Crippen MR) is 107 cm³/mol. The van der Waals surface area contributed by atoms with Crippen molar-refractivity contribution in [2.45, 2.75) is 36.7 Å². The number of rotatable bonds is 6. The molecule has 1 fully saturated rings. The summed E-state index contributed by atoms with van der Waals surface area (Å²) in [4.78, 5) is 12.6. The SMILES string of the molecule is COc1ccc(CN(C2CCCCNC2=O)S(=O)(=O)c2ccc(C#N)cc2)cc1F. The van der Waals surface area contributed by atoms with Crippen molar-refractivity contribution in [3.8, 4) is 11.8 Å². The van der Waals surface area contributed by atoms with E-state index in [4.69, 9.17) is 10.00 Å². The van der Waals surface area contributed by atoms with Crippen LogP contribution in [0.4, 0.5) is 4.39 Å². The normalized spacial score (nSPS) is 17.1. The van der Waals surface area contributed by atoms with Gasteiger partial charge in [0.2, 0.25) is 15.9 Å². The van der Waals surface area contributed by atoms with E-state index in [1.54, 1.807) is 6.07 Å². The van der Waals surface area contributed by atoms with Crippen LogP contribution < -0.4 is 10.1 Å². The summed E-state index contributed by atoms with van der Waals surface area (Å²) in [6.45, 7) is 0.304. The van der Waals surface area contributed by atoms with Crippen molar-refractivity contribution in [2.75, 3.05) is 13.7 Å². The molecule has 0 saturated carbocycles. The smallest absolute Gasteiger partial charge is 0.244 e. The Morgan fingerprint density at radius 1 is 1.23 bits per heavy atom. The third kappa shape index (κ3) is 4.61. The van der Waals surface area contributed by atoms with Crippen LogP contribution in [-0.2, 0) is 21.4 Å². The van der Waals surface area contributed by atoms with E-state index in [2.05, 4.69) is 5.32 Å². The largest absolute Gasteiger partial charge is 0.494 e. The highest BCUT2D eigenvalue weighted by Gasteiger charge is 2.36. The van der Waals surface area contributed by atoms with Gasteiger partial charge in [-0.1, -0.05) is 6.07 Å². The van der Waals surface area contributed by atoms with Gasteiger partial charge >= 0.3 is 0 Å². The van der Waals surface area contributed by atoms with E-state index in [1.165, 1.54) is 43.5 Å². The van der Waals surface area contributed by atoms with Crippen molar-refractivity contribution >= 4 is 15.9 Å². The minimum absolute atomic E-state index is 0.0347. The average molecular weight is 431 g/mol. The lowest BCUT2D eigenvalue weighted by Crippen LogP contribution is -2.48. The van der Waals surface area contributed by atoms with Gasteiger partial charge in [-0.3, -0.25) is 4.79 Å². The highest BCUT2D eigenvalue weighted by molar-refractivity contribution is 7.89. The summed E-state index contributed by atoms with van der Waals surface area (Å²) in [7, 11) is -2.75. The van der Waals surface area contributed by atoms with Crippen molar-refractivity contribution in [3.63, 3.8) is 0 Å². The quantitative estimate of drug-likeness (QED) is 0.758. The Morgan fingerprint density at radius 3 is 2.60 bits per heavy atom. The highest BCUT2D eigenvalue weighted by Crippen LogP contribution is 2.26. The number of methoxy groups -OCH3 is 1. The summed E-state index contributed by atoms with van der Waals surface area (Å²) in [6.07, 6.45) is 1.80. The Balaban J connectivity index is 2.03. The van der Waals surface area contributed by atoms with E-state index in [9.17, 15) is 17.6 Å². The van der Waals surface area contributed by atoms with E-state index in [0.29, 0.717) is 30.5 Å². The number of ether oxygens (including phenoxy) is 1. The number of hydrogen-bond donors (Lipinski definition) is 1. The standard InChI is InChI=1S/C21H22FN3O4S/c1-29-20-10-7-16(12-18(20)22)14-25(19-4-2-3-11-24-21(19)26)30(27,28)17-8-5-15(13-23)6-9-17/h5-10,12,19H,2-4,11,14H2,1H3,(H,24,26). The van der Waals surface area contributed by atoms with Crippen LogP contribution in [0.25, 0.3) is 0 Å². The summed E-state index contributed by atoms with van der Waals surface area (Å²) in [5.74, 6) is -0.942. The molecule has 1 amide bonds. The Bertz CT molecular complexity index is 1060. The second-order valence-corrected chi connectivity index (χ2v) is 8.85. The van der Waals surface area contributed by atoms with E-state index in [0.717, 1.165) is 10.7 Å². The first-order valence-corrected chi connectivity index (χ1v) is 10.9. The van der Waals surface area contributed by atoms with Crippen LogP contribution >= 0.6 is 0 Å². The van der Waals surface area contributed by atoms with E-state index in [-0.39, 0.29) is 23.1 Å². The summed E-state index contributed by atoms with van der Waals surface area (Å²) < 4.78 is 47.1. The molecule has 1 unspecified atom stereocenters. The number of sulfonamides is 1. The number of nitriles is 1. The Morgan fingerprint density at radius 2 is 1.97 bits per heavy atom. The number of halogens is 1. The third-order valence-corrected chi connectivity index (χ3v) is 6.87. The molecule has 30 heavy (non-hydrogen) atoms. The summed E-state index contributed by atoms with van der Waals surface area (Å²) >= 11 is 0. The Hall–Kier alpha value is -2.96. The fraction of sp³-hybridized carbons (Fsp3) is 0.333. The molecule has 0 bridgehead atoms. The van der Waals surface area contributed by atoms with Crippen molar-refractivity contribution in [2.24, 2.45) is 0 Å². The van der Waals surface area contributed by atoms with Crippen LogP contribution in [-0.4, -0.2) is 38.3 Å². The van der Waals surface area contributed by atoms with Gasteiger partial charge in [-0.25, -0.2) is 12.8 Å². The van der Waals surface area contributed by atoms with Crippen molar-refractivity contribution < 1.29 is 22.3 Å². The lowest BCUT2D eigenvalue weighted by molar-refractivity contribution is -0.124. The number of nitrogens with zero attached hydrogens (tertiary/aromatic N) is 2. The molecule has 158 valence electrons. The number of carbonyl (C=O) groups is 1. The lowest BCUT2D eigenvalue weighted by Gasteiger charge is -2.29. The summed E-state index contributed by atoms with van der Waals surface area (Å²) in [5, 5.41) is 11.7. The Labute approximate surface area is 175 Å². The molecule has 2 aromatic carbocycles. The molecule has 1 N–H and O–H groups in total. The molecule has 0 radical (unpaired) electrons. The molecule has 3 rings (SSSR count). The fourth-order valence-corrected chi connectivity index (χ4v) is 4.99. The zero-order chi connectivity index (χ0) is 21.7. The zero-order valence-electron chi connectivity index (χ0n) is 16.5. The molecule has 1 aliphatic heterocycles. The molecule has 1 aliphatic rings. The second-order valence-electron chi connectivity index (χ2n) is 6.96. The van der Waals surface area contributed by atoms with Gasteiger partial charge in [0, 0.05) is 13.1 Å². The van der Waals surface area contributed by atoms with Crippen LogP contribution in [0.5, 0.6) is 5.75 Å². The number of benzene rings is 2. The summed E-state index contributed by atoms with van der Waals surface area (Å²) in [6, 6.07) is 10.7. The average Bonchev–Trinajstić information content (AvgIpc) is 2.96. The van der Waals surface area contributed by atoms with Gasteiger partial charge < -0.3 is 10.1 Å². The third-order valence-electron chi connectivity index (χ3n) is 5.00. The van der Waals surface area contributed by atoms with E-state index >= 15 is 0 Å². The van der Waals surface area contributed by atoms with Gasteiger partial charge in [0.05, 0.1) is 23.6 Å². The number of nitrogens with one attached hydrogen (secondary N) is 1. The highest BCUT2D eigenvalue weighted by atomic mass is 32.2. The second kappa shape index (κ2) is 9.24. The molecule has 9 heteroatoms. The number of carbonyl (C=O) groups excluding carboxylic acids is 1. The first-order valence-electron chi connectivity index (χ1n) is 9.49. The van der Waals surface area contributed by atoms with E-state index in [1.807, 2.05) is 6.07 Å². The van der Waals surface area contributed by atoms with Crippen molar-refractivity contribution in [3.05, 3.63) is 59.4 Å². The first kappa shape index (κ1) is 21.7. The molecule has 0 spiro atoms. The van der Waals surface area contributed by atoms with Gasteiger partial charge in [-0.2, -0.15) is 9.57 Å². The van der Waals surface area contributed by atoms with Crippen LogP contribution in [0.2, 0.25) is 0 Å². The molecule has 1 atom stereocenters. The lowest BCUT2D eigenvalue weighted by atomic mass is 10.1. The van der Waals surface area contributed by atoms with Gasteiger partial charge in [-0.15, -0.1) is 0 Å². The number of hydrogen-bond acceptors (Lipinski definition) is 5. The molecule has 1 heterocycles. The molecule has 0 aromatic heterocycles. The van der Waals surface area contributed by atoms with Crippen LogP contribution in [0, 0.1) is 17.1 Å². The van der Waals surface area contributed by atoms with E-state index < -0.39 is 21.9 Å². The predicted octanol–water partition coefficient (Wildman–Crippen LogP) is 2.57. The maximum atomic E-state index is 14.2. The molecular formula is C21H22FN3O4S. The summed E-state index contributed by atoms with van der Waals surface area (Å²) in [5.41, 5.74) is 0.715. The Kier molecular flexibility index (Phi) is 6.70. The van der Waals surface area contributed by atoms with Gasteiger partial charge in [0.15, 0.2) is 11.6 Å². The number of amides is 1. The minimum Gasteiger partial charge on any atom is -0.494 e. The minimum atomic E-state index is -4.09. The molecule has 7 nitrogen and oxygen atoms in total. The van der Waals surface area contributed by atoms with Crippen LogP contribution in [0.1, 0.15) is 30.4 Å². The first-order chi connectivity index (χ1) is 14.4. The molecule has 1 saturated heterocycles. The zero-order valence-corrected chi connectivity index (χ0v) is 17.3. The monoisotopic (exact) mass is 431 g/mol. The van der Waals surface area contributed by atoms with Gasteiger partial charge in [0.25, 0.3) is 0 Å². The fourth-order valence-electron chi connectivity index (χ4n) is 3.39. The maximum Gasteiger partial charge on any atom is 0.244 e. The molecule has 0 aliphatic carbocycles. The van der Waals surface area contributed by atoms with Crippen molar-refractivity contribution in [1.29, 1.82) is 5.26 Å². The molecular weight excluding hydrogens is 409 g/mol. The van der Waals surface area contributed by atoms with Gasteiger partial charge in [0.1, 0.15) is 6.04 Å². The topological polar surface area (TPSA) is 99.5 Å². The van der Waals surface area contributed by atoms with Crippen LogP contribution in [0.15, 0.2) is 47.4 Å². The van der Waals surface area contributed by atoms with Gasteiger partial charge in [-0.05, 0) is 61.2 Å². The van der Waals surface area contributed by atoms with Crippen LogP contribution in [0.3, 0.4) is 0 Å². The van der Waals surface area contributed by atoms with Crippen molar-refractivity contribution in [1.82, 2.24) is 9.62 Å². The maximum absolute atomic E-state index is 14.2. The molecule has 2 aromatic rings.